The minimum Gasteiger partial charge on any atom is -0.396 e. The van der Waals surface area contributed by atoms with Crippen LogP contribution < -0.4 is 10.6 Å². The highest BCUT2D eigenvalue weighted by Crippen LogP contribution is 2.16. The molecule has 1 atom stereocenters. The number of carbonyl (C=O) groups excluding carboxylic acids is 2. The zero-order chi connectivity index (χ0) is 15.7. The normalized spacial score (nSPS) is 11.8. The molecule has 5 nitrogen and oxygen atoms in total. The first kappa shape index (κ1) is 17.2. The highest BCUT2D eigenvalue weighted by molar-refractivity contribution is 6.39. The van der Waals surface area contributed by atoms with E-state index in [1.807, 2.05) is 25.1 Å². The van der Waals surface area contributed by atoms with Gasteiger partial charge in [0.05, 0.1) is 0 Å². The van der Waals surface area contributed by atoms with Crippen LogP contribution in [0.2, 0.25) is 0 Å². The molecule has 0 radical (unpaired) electrons. The van der Waals surface area contributed by atoms with Crippen molar-refractivity contribution in [3.8, 4) is 0 Å². The molecule has 0 saturated heterocycles. The van der Waals surface area contributed by atoms with Crippen LogP contribution in [0.1, 0.15) is 32.3 Å². The molecule has 1 aromatic rings. The number of nitrogens with one attached hydrogen (secondary N) is 2. The fraction of sp³-hybridized carbons (Fsp3) is 0.500. The van der Waals surface area contributed by atoms with Gasteiger partial charge in [-0.3, -0.25) is 9.59 Å². The van der Waals surface area contributed by atoms with Gasteiger partial charge in [-0.15, -0.1) is 0 Å². The molecule has 2 amide bonds. The summed E-state index contributed by atoms with van der Waals surface area (Å²) in [5.41, 5.74) is 1.71. The summed E-state index contributed by atoms with van der Waals surface area (Å²) < 4.78 is 0. The van der Waals surface area contributed by atoms with E-state index in [-0.39, 0.29) is 12.5 Å². The molecule has 0 aliphatic heterocycles. The van der Waals surface area contributed by atoms with Gasteiger partial charge in [-0.2, -0.15) is 0 Å². The molecule has 0 spiro atoms. The molecule has 3 N–H and O–H groups in total. The number of aryl methyl sites for hydroxylation is 1. The van der Waals surface area contributed by atoms with Crippen molar-refractivity contribution in [2.24, 2.45) is 5.92 Å². The third-order valence-electron chi connectivity index (χ3n) is 3.22. The van der Waals surface area contributed by atoms with E-state index in [1.165, 1.54) is 0 Å². The SMILES string of the molecule is CCCc1ccccc1NC(=O)C(=O)NCC(C)CCO. The molecule has 0 bridgehead atoms. The van der Waals surface area contributed by atoms with Crippen LogP contribution in [0.3, 0.4) is 0 Å². The minimum atomic E-state index is -0.658. The second-order valence-corrected chi connectivity index (χ2v) is 5.19. The summed E-state index contributed by atoms with van der Waals surface area (Å²) in [6, 6.07) is 7.48. The highest BCUT2D eigenvalue weighted by atomic mass is 16.3. The van der Waals surface area contributed by atoms with Crippen LogP contribution >= 0.6 is 0 Å². The number of aliphatic hydroxyl groups excluding tert-OH is 1. The molecule has 0 aromatic heterocycles. The van der Waals surface area contributed by atoms with Gasteiger partial charge in [0.25, 0.3) is 0 Å². The van der Waals surface area contributed by atoms with Gasteiger partial charge >= 0.3 is 11.8 Å². The zero-order valence-electron chi connectivity index (χ0n) is 12.7. The standard InChI is InChI=1S/C16H24N2O3/c1-3-6-13-7-4-5-8-14(13)18-16(21)15(20)17-11-12(2)9-10-19/h4-5,7-8,12,19H,3,6,9-11H2,1-2H3,(H,17,20)(H,18,21). The van der Waals surface area contributed by atoms with Crippen LogP contribution in [0, 0.1) is 5.92 Å². The maximum absolute atomic E-state index is 11.9. The summed E-state index contributed by atoms with van der Waals surface area (Å²) in [5.74, 6) is -1.17. The van der Waals surface area contributed by atoms with E-state index in [2.05, 4.69) is 17.6 Å². The van der Waals surface area contributed by atoms with Crippen LogP contribution in [0.4, 0.5) is 5.69 Å². The molecule has 0 saturated carbocycles. The molecule has 0 aliphatic carbocycles. The van der Waals surface area contributed by atoms with Crippen molar-refractivity contribution in [2.45, 2.75) is 33.1 Å². The Morgan fingerprint density at radius 1 is 1.24 bits per heavy atom. The summed E-state index contributed by atoms with van der Waals surface area (Å²) in [6.45, 7) is 4.43. The lowest BCUT2D eigenvalue weighted by Crippen LogP contribution is -2.38. The Morgan fingerprint density at radius 3 is 2.62 bits per heavy atom. The van der Waals surface area contributed by atoms with E-state index in [1.54, 1.807) is 6.07 Å². The zero-order valence-corrected chi connectivity index (χ0v) is 12.7. The van der Waals surface area contributed by atoms with Crippen molar-refractivity contribution in [2.75, 3.05) is 18.5 Å². The first-order valence-corrected chi connectivity index (χ1v) is 7.36. The number of para-hydroxylation sites is 1. The molecular formula is C16H24N2O3. The molecule has 21 heavy (non-hydrogen) atoms. The van der Waals surface area contributed by atoms with Gasteiger partial charge in [-0.25, -0.2) is 0 Å². The van der Waals surface area contributed by atoms with Gasteiger partial charge in [0.1, 0.15) is 0 Å². The Morgan fingerprint density at radius 2 is 1.95 bits per heavy atom. The van der Waals surface area contributed by atoms with Gasteiger partial charge in [-0.05, 0) is 30.4 Å². The maximum Gasteiger partial charge on any atom is 0.313 e. The third-order valence-corrected chi connectivity index (χ3v) is 3.22. The Labute approximate surface area is 125 Å². The van der Waals surface area contributed by atoms with Crippen molar-refractivity contribution in [1.82, 2.24) is 5.32 Å². The van der Waals surface area contributed by atoms with Crippen LogP contribution in [0.15, 0.2) is 24.3 Å². The van der Waals surface area contributed by atoms with Gasteiger partial charge in [0.2, 0.25) is 0 Å². The fourth-order valence-corrected chi connectivity index (χ4v) is 1.98. The predicted molar refractivity (Wildman–Crippen MR) is 82.9 cm³/mol. The number of amides is 2. The topological polar surface area (TPSA) is 78.4 Å². The Kier molecular flexibility index (Phi) is 7.46. The van der Waals surface area contributed by atoms with E-state index >= 15 is 0 Å². The van der Waals surface area contributed by atoms with Crippen molar-refractivity contribution < 1.29 is 14.7 Å². The lowest BCUT2D eigenvalue weighted by molar-refractivity contribution is -0.136. The Bertz CT molecular complexity index is 474. The van der Waals surface area contributed by atoms with Crippen LogP contribution in [-0.2, 0) is 16.0 Å². The smallest absolute Gasteiger partial charge is 0.313 e. The molecule has 1 aromatic carbocycles. The Balaban J connectivity index is 2.54. The van der Waals surface area contributed by atoms with Gasteiger partial charge in [0, 0.05) is 18.8 Å². The van der Waals surface area contributed by atoms with Crippen LogP contribution in [-0.4, -0.2) is 30.1 Å². The monoisotopic (exact) mass is 292 g/mol. The van der Waals surface area contributed by atoms with Gasteiger partial charge in [0.15, 0.2) is 0 Å². The molecule has 0 fully saturated rings. The summed E-state index contributed by atoms with van der Waals surface area (Å²) in [6.07, 6.45) is 2.42. The number of anilines is 1. The second-order valence-electron chi connectivity index (χ2n) is 5.19. The maximum atomic E-state index is 11.9. The summed E-state index contributed by atoms with van der Waals surface area (Å²) >= 11 is 0. The third kappa shape index (κ3) is 5.95. The lowest BCUT2D eigenvalue weighted by atomic mass is 10.1. The average molecular weight is 292 g/mol. The van der Waals surface area contributed by atoms with Crippen LogP contribution in [0.25, 0.3) is 0 Å². The molecule has 0 heterocycles. The van der Waals surface area contributed by atoms with E-state index in [9.17, 15) is 9.59 Å². The molecule has 5 heteroatoms. The molecule has 1 unspecified atom stereocenters. The first-order valence-electron chi connectivity index (χ1n) is 7.36. The van der Waals surface area contributed by atoms with Crippen LogP contribution in [0.5, 0.6) is 0 Å². The quantitative estimate of drug-likeness (QED) is 0.669. The first-order chi connectivity index (χ1) is 10.1. The molecule has 1 rings (SSSR count). The number of hydrogen-bond acceptors (Lipinski definition) is 3. The molecule has 0 aliphatic rings. The fourth-order valence-electron chi connectivity index (χ4n) is 1.98. The van der Waals surface area contributed by atoms with Gasteiger partial charge < -0.3 is 15.7 Å². The largest absolute Gasteiger partial charge is 0.396 e. The number of hydrogen-bond donors (Lipinski definition) is 3. The second kappa shape index (κ2) is 9.13. The summed E-state index contributed by atoms with van der Waals surface area (Å²) in [7, 11) is 0. The number of aliphatic hydroxyl groups is 1. The minimum absolute atomic E-state index is 0.0770. The van der Waals surface area contributed by atoms with Crippen molar-refractivity contribution in [1.29, 1.82) is 0 Å². The number of rotatable bonds is 7. The molecule has 116 valence electrons. The van der Waals surface area contributed by atoms with Crippen molar-refractivity contribution in [3.63, 3.8) is 0 Å². The van der Waals surface area contributed by atoms with E-state index in [4.69, 9.17) is 5.11 Å². The van der Waals surface area contributed by atoms with E-state index in [0.29, 0.717) is 18.7 Å². The lowest BCUT2D eigenvalue weighted by Gasteiger charge is -2.12. The average Bonchev–Trinajstić information content (AvgIpc) is 2.47. The highest BCUT2D eigenvalue weighted by Gasteiger charge is 2.15. The number of carbonyl (C=O) groups is 2. The number of benzene rings is 1. The van der Waals surface area contributed by atoms with Gasteiger partial charge in [-0.1, -0.05) is 38.5 Å². The van der Waals surface area contributed by atoms with E-state index < -0.39 is 11.8 Å². The van der Waals surface area contributed by atoms with Crippen molar-refractivity contribution in [3.05, 3.63) is 29.8 Å². The van der Waals surface area contributed by atoms with Crippen molar-refractivity contribution >= 4 is 17.5 Å². The molecular weight excluding hydrogens is 268 g/mol. The predicted octanol–water partition coefficient (Wildman–Crippen LogP) is 1.71. The van der Waals surface area contributed by atoms with E-state index in [0.717, 1.165) is 18.4 Å². The Hall–Kier alpha value is -1.88. The summed E-state index contributed by atoms with van der Waals surface area (Å²) in [5, 5.41) is 14.0. The summed E-state index contributed by atoms with van der Waals surface area (Å²) in [4.78, 5) is 23.6.